The molecule has 5 N–H and O–H groups in total. The maximum Gasteiger partial charge on any atom is 0.0827 e. The molecule has 2 aromatic carbocycles. The highest BCUT2D eigenvalue weighted by Crippen LogP contribution is 2.33. The van der Waals surface area contributed by atoms with Gasteiger partial charge in [-0.3, -0.25) is 0 Å². The van der Waals surface area contributed by atoms with Crippen molar-refractivity contribution in [2.75, 3.05) is 16.8 Å². The predicted molar refractivity (Wildman–Crippen MR) is 75.0 cm³/mol. The number of anilines is 4. The van der Waals surface area contributed by atoms with E-state index in [4.69, 9.17) is 34.7 Å². The molecule has 0 heterocycles. The lowest BCUT2D eigenvalue weighted by molar-refractivity contribution is 1.54. The highest BCUT2D eigenvalue weighted by atomic mass is 35.5. The first-order valence-corrected chi connectivity index (χ1v) is 5.69. The molecule has 0 atom stereocenters. The molecule has 3 nitrogen and oxygen atoms in total. The van der Waals surface area contributed by atoms with Gasteiger partial charge in [0.05, 0.1) is 27.1 Å². The Morgan fingerprint density at radius 3 is 2.41 bits per heavy atom. The lowest BCUT2D eigenvalue weighted by atomic mass is 10.2. The van der Waals surface area contributed by atoms with Gasteiger partial charge in [0.2, 0.25) is 0 Å². The first kappa shape index (κ1) is 11.9. The van der Waals surface area contributed by atoms with Gasteiger partial charge in [-0.25, -0.2) is 0 Å². The summed E-state index contributed by atoms with van der Waals surface area (Å²) in [4.78, 5) is 0. The number of nitrogens with one attached hydrogen (secondary N) is 1. The molecule has 0 aliphatic carbocycles. The lowest BCUT2D eigenvalue weighted by Crippen LogP contribution is -1.98. The molecule has 0 aliphatic heterocycles. The predicted octanol–water partition coefficient (Wildman–Crippen LogP) is 3.90. The number of nitrogens with two attached hydrogens (primary N) is 2. The van der Waals surface area contributed by atoms with Gasteiger partial charge in [0.1, 0.15) is 0 Å². The van der Waals surface area contributed by atoms with Crippen LogP contribution in [0.4, 0.5) is 22.7 Å². The summed E-state index contributed by atoms with van der Waals surface area (Å²) in [7, 11) is 0. The SMILES string of the molecule is Nc1ccc(Nc2cccc(Cl)c2Cl)c(N)c1. The van der Waals surface area contributed by atoms with Gasteiger partial charge in [0.25, 0.3) is 0 Å². The van der Waals surface area contributed by atoms with Crippen LogP contribution in [0.25, 0.3) is 0 Å². The van der Waals surface area contributed by atoms with Crippen molar-refractivity contribution in [3.8, 4) is 0 Å². The zero-order valence-electron chi connectivity index (χ0n) is 8.87. The summed E-state index contributed by atoms with van der Waals surface area (Å²) in [6.07, 6.45) is 0. The van der Waals surface area contributed by atoms with Gasteiger partial charge in [0.15, 0.2) is 0 Å². The third-order valence-corrected chi connectivity index (χ3v) is 3.12. The van der Waals surface area contributed by atoms with E-state index >= 15 is 0 Å². The number of halogens is 2. The van der Waals surface area contributed by atoms with Crippen molar-refractivity contribution in [1.29, 1.82) is 0 Å². The zero-order valence-corrected chi connectivity index (χ0v) is 10.4. The maximum atomic E-state index is 6.07. The molecule has 17 heavy (non-hydrogen) atoms. The van der Waals surface area contributed by atoms with Crippen molar-refractivity contribution >= 4 is 46.0 Å². The largest absolute Gasteiger partial charge is 0.399 e. The Morgan fingerprint density at radius 2 is 1.71 bits per heavy atom. The Bertz CT molecular complexity index is 555. The Hall–Kier alpha value is -1.58. The summed E-state index contributed by atoms with van der Waals surface area (Å²) < 4.78 is 0. The van der Waals surface area contributed by atoms with Crippen molar-refractivity contribution in [2.45, 2.75) is 0 Å². The average Bonchev–Trinajstić information content (AvgIpc) is 2.28. The Balaban J connectivity index is 2.35. The van der Waals surface area contributed by atoms with E-state index in [0.29, 0.717) is 27.1 Å². The number of hydrogen-bond donors (Lipinski definition) is 3. The number of rotatable bonds is 2. The molecule has 0 saturated heterocycles. The van der Waals surface area contributed by atoms with E-state index in [1.54, 1.807) is 24.3 Å². The van der Waals surface area contributed by atoms with Gasteiger partial charge >= 0.3 is 0 Å². The second-order valence-corrected chi connectivity index (χ2v) is 4.36. The van der Waals surface area contributed by atoms with Crippen LogP contribution in [0.2, 0.25) is 10.0 Å². The molecule has 0 saturated carbocycles. The Kier molecular flexibility index (Phi) is 3.31. The summed E-state index contributed by atoms with van der Waals surface area (Å²) in [5, 5.41) is 4.07. The van der Waals surface area contributed by atoms with Gasteiger partial charge in [-0.1, -0.05) is 29.3 Å². The van der Waals surface area contributed by atoms with E-state index < -0.39 is 0 Å². The van der Waals surface area contributed by atoms with Crippen LogP contribution in [0.3, 0.4) is 0 Å². The van der Waals surface area contributed by atoms with Crippen LogP contribution in [-0.4, -0.2) is 0 Å². The molecule has 0 unspecified atom stereocenters. The minimum atomic E-state index is 0.463. The van der Waals surface area contributed by atoms with Crippen LogP contribution in [-0.2, 0) is 0 Å². The van der Waals surface area contributed by atoms with Crippen LogP contribution < -0.4 is 16.8 Å². The third-order valence-electron chi connectivity index (χ3n) is 2.30. The highest BCUT2D eigenvalue weighted by molar-refractivity contribution is 6.43. The molecule has 0 amide bonds. The van der Waals surface area contributed by atoms with E-state index in [2.05, 4.69) is 5.32 Å². The van der Waals surface area contributed by atoms with Crippen LogP contribution in [0.15, 0.2) is 36.4 Å². The first-order valence-electron chi connectivity index (χ1n) is 4.94. The first-order chi connectivity index (χ1) is 8.08. The van der Waals surface area contributed by atoms with Crippen molar-refractivity contribution in [3.63, 3.8) is 0 Å². The van der Waals surface area contributed by atoms with Crippen LogP contribution in [0.5, 0.6) is 0 Å². The standard InChI is InChI=1S/C12H11Cl2N3/c13-8-2-1-3-11(12(8)14)17-10-5-4-7(15)6-9(10)16/h1-6,17H,15-16H2. The molecule has 5 heteroatoms. The summed E-state index contributed by atoms with van der Waals surface area (Å²) >= 11 is 12.0. The Morgan fingerprint density at radius 1 is 0.941 bits per heavy atom. The van der Waals surface area contributed by atoms with Gasteiger partial charge in [0, 0.05) is 5.69 Å². The monoisotopic (exact) mass is 267 g/mol. The number of benzene rings is 2. The lowest BCUT2D eigenvalue weighted by Gasteiger charge is -2.11. The van der Waals surface area contributed by atoms with E-state index in [1.807, 2.05) is 12.1 Å². The van der Waals surface area contributed by atoms with Crippen LogP contribution in [0, 0.1) is 0 Å². The van der Waals surface area contributed by atoms with Gasteiger partial charge in [-0.15, -0.1) is 0 Å². The van der Waals surface area contributed by atoms with Crippen LogP contribution >= 0.6 is 23.2 Å². The van der Waals surface area contributed by atoms with Gasteiger partial charge in [-0.2, -0.15) is 0 Å². The maximum absolute atomic E-state index is 6.07. The van der Waals surface area contributed by atoms with Gasteiger partial charge in [-0.05, 0) is 30.3 Å². The average molecular weight is 268 g/mol. The van der Waals surface area contributed by atoms with E-state index in [-0.39, 0.29) is 0 Å². The molecular weight excluding hydrogens is 257 g/mol. The Labute approximate surface area is 109 Å². The van der Waals surface area contributed by atoms with E-state index in [1.165, 1.54) is 0 Å². The molecule has 0 fully saturated rings. The molecule has 0 radical (unpaired) electrons. The second kappa shape index (κ2) is 4.73. The fourth-order valence-corrected chi connectivity index (χ4v) is 1.79. The normalized spacial score (nSPS) is 10.2. The molecule has 0 aromatic heterocycles. The summed E-state index contributed by atoms with van der Waals surface area (Å²) in [5.41, 5.74) is 14.1. The van der Waals surface area contributed by atoms with E-state index in [9.17, 15) is 0 Å². The molecule has 0 bridgehead atoms. The fraction of sp³-hybridized carbons (Fsp3) is 0. The molecule has 2 rings (SSSR count). The van der Waals surface area contributed by atoms with Crippen molar-refractivity contribution in [2.24, 2.45) is 0 Å². The quantitative estimate of drug-likeness (QED) is 0.724. The smallest absolute Gasteiger partial charge is 0.0827 e. The highest BCUT2D eigenvalue weighted by Gasteiger charge is 2.06. The summed E-state index contributed by atoms with van der Waals surface area (Å²) in [5.74, 6) is 0. The van der Waals surface area contributed by atoms with E-state index in [0.717, 1.165) is 5.69 Å². The minimum Gasteiger partial charge on any atom is -0.399 e. The molecular formula is C12H11Cl2N3. The van der Waals surface area contributed by atoms with Crippen molar-refractivity contribution < 1.29 is 0 Å². The third kappa shape index (κ3) is 2.57. The molecule has 88 valence electrons. The molecule has 0 aliphatic rings. The van der Waals surface area contributed by atoms with Gasteiger partial charge < -0.3 is 16.8 Å². The zero-order chi connectivity index (χ0) is 12.4. The summed E-state index contributed by atoms with van der Waals surface area (Å²) in [6.45, 7) is 0. The van der Waals surface area contributed by atoms with Crippen molar-refractivity contribution in [1.82, 2.24) is 0 Å². The van der Waals surface area contributed by atoms with Crippen LogP contribution in [0.1, 0.15) is 0 Å². The topological polar surface area (TPSA) is 64.1 Å². The minimum absolute atomic E-state index is 0.463. The number of nitrogen functional groups attached to an aromatic ring is 2. The fourth-order valence-electron chi connectivity index (χ4n) is 1.44. The molecule has 0 spiro atoms. The number of hydrogen-bond acceptors (Lipinski definition) is 3. The second-order valence-electron chi connectivity index (χ2n) is 3.57. The van der Waals surface area contributed by atoms with Crippen molar-refractivity contribution in [3.05, 3.63) is 46.4 Å². The molecule has 2 aromatic rings. The summed E-state index contributed by atoms with van der Waals surface area (Å²) in [6, 6.07) is 10.6.